The summed E-state index contributed by atoms with van der Waals surface area (Å²) in [6, 6.07) is 6.59. The number of fused-ring (bicyclic) bond motifs is 1. The number of aryl methyl sites for hydroxylation is 1. The first-order valence-corrected chi connectivity index (χ1v) is 6.39. The molecule has 0 aliphatic heterocycles. The molecule has 0 saturated heterocycles. The van der Waals surface area contributed by atoms with Crippen LogP contribution in [0.3, 0.4) is 0 Å². The van der Waals surface area contributed by atoms with Crippen molar-refractivity contribution in [2.45, 2.75) is 38.1 Å². The van der Waals surface area contributed by atoms with Gasteiger partial charge in [-0.2, -0.15) is 5.10 Å². The molecule has 1 aromatic heterocycles. The summed E-state index contributed by atoms with van der Waals surface area (Å²) in [7, 11) is 2.02. The van der Waals surface area contributed by atoms with Gasteiger partial charge in [0.15, 0.2) is 0 Å². The second kappa shape index (κ2) is 3.84. The second-order valence-corrected chi connectivity index (χ2v) is 5.20. The number of hydrogen-bond donors (Lipinski definition) is 1. The molecule has 90 valence electrons. The fourth-order valence-electron chi connectivity index (χ4n) is 2.57. The number of nitrogens with two attached hydrogens (primary N) is 1. The van der Waals surface area contributed by atoms with Crippen LogP contribution >= 0.6 is 0 Å². The van der Waals surface area contributed by atoms with Crippen molar-refractivity contribution in [2.24, 2.45) is 12.8 Å². The van der Waals surface area contributed by atoms with E-state index in [0.717, 1.165) is 0 Å². The van der Waals surface area contributed by atoms with Crippen LogP contribution in [-0.4, -0.2) is 9.78 Å². The van der Waals surface area contributed by atoms with Crippen molar-refractivity contribution in [3.05, 3.63) is 29.5 Å². The van der Waals surface area contributed by atoms with E-state index in [1.165, 1.54) is 41.4 Å². The summed E-state index contributed by atoms with van der Waals surface area (Å²) >= 11 is 0. The van der Waals surface area contributed by atoms with Crippen LogP contribution in [-0.2, 0) is 7.05 Å². The van der Waals surface area contributed by atoms with E-state index in [-0.39, 0.29) is 6.04 Å². The summed E-state index contributed by atoms with van der Waals surface area (Å²) in [4.78, 5) is 0. The van der Waals surface area contributed by atoms with Gasteiger partial charge in [0.1, 0.15) is 0 Å². The molecule has 1 heterocycles. The summed E-state index contributed by atoms with van der Waals surface area (Å²) in [5.41, 5.74) is 9.60. The highest BCUT2D eigenvalue weighted by molar-refractivity contribution is 5.83. The Morgan fingerprint density at radius 2 is 2.18 bits per heavy atom. The Balaban J connectivity index is 2.14. The van der Waals surface area contributed by atoms with Gasteiger partial charge in [0, 0.05) is 24.4 Å². The van der Waals surface area contributed by atoms with Crippen molar-refractivity contribution >= 4 is 10.9 Å². The number of hydrogen-bond acceptors (Lipinski definition) is 2. The first kappa shape index (κ1) is 10.8. The predicted molar refractivity (Wildman–Crippen MR) is 69.9 cm³/mol. The summed E-state index contributed by atoms with van der Waals surface area (Å²) in [5, 5.41) is 6.00. The molecule has 2 N–H and O–H groups in total. The van der Waals surface area contributed by atoms with E-state index in [9.17, 15) is 0 Å². The van der Waals surface area contributed by atoms with Crippen molar-refractivity contribution in [1.82, 2.24) is 9.78 Å². The van der Waals surface area contributed by atoms with Gasteiger partial charge in [0.25, 0.3) is 0 Å². The highest BCUT2D eigenvalue weighted by atomic mass is 15.3. The smallest absolute Gasteiger partial charge is 0.0734 e. The number of rotatable bonds is 2. The van der Waals surface area contributed by atoms with Crippen LogP contribution < -0.4 is 5.73 Å². The molecule has 1 aromatic carbocycles. The van der Waals surface area contributed by atoms with Gasteiger partial charge in [-0.15, -0.1) is 0 Å². The maximum Gasteiger partial charge on any atom is 0.0734 e. The average molecular weight is 229 g/mol. The summed E-state index contributed by atoms with van der Waals surface area (Å²) in [5.74, 6) is 0.680. The van der Waals surface area contributed by atoms with Crippen molar-refractivity contribution in [1.29, 1.82) is 0 Å². The van der Waals surface area contributed by atoms with E-state index in [0.29, 0.717) is 5.92 Å². The SMILES string of the molecule is CC(N)c1ccc2c(C3CCC3)nn(C)c2c1. The quantitative estimate of drug-likeness (QED) is 0.860. The van der Waals surface area contributed by atoms with Crippen LogP contribution in [0.15, 0.2) is 18.2 Å². The van der Waals surface area contributed by atoms with Crippen molar-refractivity contribution < 1.29 is 0 Å². The van der Waals surface area contributed by atoms with E-state index in [4.69, 9.17) is 5.73 Å². The van der Waals surface area contributed by atoms with Gasteiger partial charge in [0.05, 0.1) is 11.2 Å². The molecule has 3 rings (SSSR count). The molecule has 1 atom stereocenters. The molecular formula is C14H19N3. The van der Waals surface area contributed by atoms with E-state index in [1.807, 2.05) is 18.7 Å². The van der Waals surface area contributed by atoms with Crippen molar-refractivity contribution in [3.63, 3.8) is 0 Å². The fraction of sp³-hybridized carbons (Fsp3) is 0.500. The van der Waals surface area contributed by atoms with Gasteiger partial charge >= 0.3 is 0 Å². The van der Waals surface area contributed by atoms with Gasteiger partial charge in [-0.25, -0.2) is 0 Å². The molecular weight excluding hydrogens is 210 g/mol. The van der Waals surface area contributed by atoms with Gasteiger partial charge < -0.3 is 5.73 Å². The summed E-state index contributed by atoms with van der Waals surface area (Å²) in [6.45, 7) is 2.02. The maximum atomic E-state index is 5.93. The highest BCUT2D eigenvalue weighted by Gasteiger charge is 2.24. The molecule has 3 nitrogen and oxygen atoms in total. The number of aromatic nitrogens is 2. The first-order chi connectivity index (χ1) is 8.16. The molecule has 1 fully saturated rings. The maximum absolute atomic E-state index is 5.93. The monoisotopic (exact) mass is 229 g/mol. The van der Waals surface area contributed by atoms with Crippen LogP contribution in [0.5, 0.6) is 0 Å². The molecule has 2 aromatic rings. The Labute approximate surface area is 102 Å². The topological polar surface area (TPSA) is 43.8 Å². The predicted octanol–water partition coefficient (Wildman–Crippen LogP) is 2.86. The Kier molecular flexibility index (Phi) is 2.44. The lowest BCUT2D eigenvalue weighted by Crippen LogP contribution is -2.10. The normalized spacial score (nSPS) is 18.3. The van der Waals surface area contributed by atoms with Crippen LogP contribution in [0.4, 0.5) is 0 Å². The largest absolute Gasteiger partial charge is 0.324 e. The van der Waals surface area contributed by atoms with Gasteiger partial charge in [-0.3, -0.25) is 4.68 Å². The van der Waals surface area contributed by atoms with Gasteiger partial charge in [-0.1, -0.05) is 18.6 Å². The molecule has 1 unspecified atom stereocenters. The molecule has 1 saturated carbocycles. The molecule has 1 aliphatic rings. The van der Waals surface area contributed by atoms with E-state index >= 15 is 0 Å². The van der Waals surface area contributed by atoms with Crippen LogP contribution in [0.2, 0.25) is 0 Å². The Morgan fingerprint density at radius 1 is 1.41 bits per heavy atom. The summed E-state index contributed by atoms with van der Waals surface area (Å²) in [6.07, 6.45) is 3.93. The molecule has 3 heteroatoms. The van der Waals surface area contributed by atoms with Crippen LogP contribution in [0.25, 0.3) is 10.9 Å². The highest BCUT2D eigenvalue weighted by Crippen LogP contribution is 2.39. The third kappa shape index (κ3) is 1.65. The molecule has 1 aliphatic carbocycles. The minimum Gasteiger partial charge on any atom is -0.324 e. The fourth-order valence-corrected chi connectivity index (χ4v) is 2.57. The molecule has 0 spiro atoms. The number of benzene rings is 1. The molecule has 0 amide bonds. The zero-order valence-electron chi connectivity index (χ0n) is 10.5. The minimum atomic E-state index is 0.0847. The lowest BCUT2D eigenvalue weighted by atomic mass is 9.82. The van der Waals surface area contributed by atoms with Crippen molar-refractivity contribution in [3.8, 4) is 0 Å². The lowest BCUT2D eigenvalue weighted by molar-refractivity contribution is 0.410. The third-order valence-electron chi connectivity index (χ3n) is 3.92. The Morgan fingerprint density at radius 3 is 2.76 bits per heavy atom. The van der Waals surface area contributed by atoms with Gasteiger partial charge in [-0.05, 0) is 31.4 Å². The molecule has 0 radical (unpaired) electrons. The zero-order valence-corrected chi connectivity index (χ0v) is 10.5. The first-order valence-electron chi connectivity index (χ1n) is 6.39. The van der Waals surface area contributed by atoms with Crippen LogP contribution in [0.1, 0.15) is 49.4 Å². The van der Waals surface area contributed by atoms with E-state index < -0.39 is 0 Å². The Bertz CT molecular complexity index is 550. The zero-order chi connectivity index (χ0) is 12.0. The lowest BCUT2D eigenvalue weighted by Gasteiger charge is -2.23. The molecule has 0 bridgehead atoms. The van der Waals surface area contributed by atoms with E-state index in [2.05, 4.69) is 23.3 Å². The average Bonchev–Trinajstić information content (AvgIpc) is 2.54. The third-order valence-corrected chi connectivity index (χ3v) is 3.92. The van der Waals surface area contributed by atoms with Crippen molar-refractivity contribution in [2.75, 3.05) is 0 Å². The molecule has 17 heavy (non-hydrogen) atoms. The second-order valence-electron chi connectivity index (χ2n) is 5.20. The van der Waals surface area contributed by atoms with Gasteiger partial charge in [0.2, 0.25) is 0 Å². The minimum absolute atomic E-state index is 0.0847. The van der Waals surface area contributed by atoms with E-state index in [1.54, 1.807) is 0 Å². The standard InChI is InChI=1S/C14H19N3/c1-9(15)11-6-7-12-13(8-11)17(2)16-14(12)10-4-3-5-10/h6-10H,3-5,15H2,1-2H3. The number of nitrogens with zero attached hydrogens (tertiary/aromatic N) is 2. The Hall–Kier alpha value is -1.35. The van der Waals surface area contributed by atoms with Crippen LogP contribution in [0, 0.1) is 0 Å². The summed E-state index contributed by atoms with van der Waals surface area (Å²) < 4.78 is 1.99.